The maximum Gasteiger partial charge on any atom is 0.255 e. The Balaban J connectivity index is 1.68. The van der Waals surface area contributed by atoms with Crippen LogP contribution in [-0.2, 0) is 0 Å². The molecule has 0 bridgehead atoms. The smallest absolute Gasteiger partial charge is 0.255 e. The van der Waals surface area contributed by atoms with Gasteiger partial charge < -0.3 is 10.6 Å². The minimum Gasteiger partial charge on any atom is -0.324 e. The van der Waals surface area contributed by atoms with E-state index in [1.807, 2.05) is 56.3 Å². The van der Waals surface area contributed by atoms with E-state index in [1.54, 1.807) is 12.1 Å². The molecular weight excluding hydrogens is 380 g/mol. The quantitative estimate of drug-likeness (QED) is 0.661. The lowest BCUT2D eigenvalue weighted by Gasteiger charge is -2.08. The van der Waals surface area contributed by atoms with Crippen molar-refractivity contribution in [2.45, 2.75) is 13.8 Å². The lowest BCUT2D eigenvalue weighted by atomic mass is 10.2. The zero-order valence-electron chi connectivity index (χ0n) is 13.9. The molecule has 0 aliphatic carbocycles. The van der Waals surface area contributed by atoms with E-state index in [9.17, 15) is 4.79 Å². The summed E-state index contributed by atoms with van der Waals surface area (Å²) in [6.45, 7) is 3.85. The highest BCUT2D eigenvalue weighted by Crippen LogP contribution is 2.17. The number of hydrogen-bond acceptors (Lipinski definition) is 4. The maximum absolute atomic E-state index is 12.3. The molecule has 25 heavy (non-hydrogen) atoms. The van der Waals surface area contributed by atoms with Crippen LogP contribution in [0.2, 0.25) is 0 Å². The van der Waals surface area contributed by atoms with Crippen molar-refractivity contribution in [2.75, 3.05) is 10.6 Å². The standard InChI is InChI=1S/C19H17BrN4O/c1-12-11-13(2)22-19(21-12)24-17-7-3-14(4-8-17)18(25)23-16-9-5-15(20)6-10-16/h3-11H,1-2H3,(H,23,25)(H,21,22,24). The summed E-state index contributed by atoms with van der Waals surface area (Å²) in [6.07, 6.45) is 0. The third-order valence-electron chi connectivity index (χ3n) is 3.49. The van der Waals surface area contributed by atoms with Gasteiger partial charge in [-0.1, -0.05) is 15.9 Å². The molecule has 0 aliphatic heterocycles. The molecule has 0 atom stereocenters. The van der Waals surface area contributed by atoms with Gasteiger partial charge in [0.15, 0.2) is 0 Å². The number of halogens is 1. The summed E-state index contributed by atoms with van der Waals surface area (Å²) in [4.78, 5) is 21.0. The first-order valence-corrected chi connectivity index (χ1v) is 8.55. The van der Waals surface area contributed by atoms with Gasteiger partial charge in [0.2, 0.25) is 5.95 Å². The van der Waals surface area contributed by atoms with Crippen LogP contribution in [0.4, 0.5) is 17.3 Å². The van der Waals surface area contributed by atoms with E-state index in [0.717, 1.165) is 27.2 Å². The number of hydrogen-bond donors (Lipinski definition) is 2. The molecule has 0 aliphatic rings. The summed E-state index contributed by atoms with van der Waals surface area (Å²) in [5.74, 6) is 0.390. The highest BCUT2D eigenvalue weighted by molar-refractivity contribution is 9.10. The topological polar surface area (TPSA) is 66.9 Å². The Labute approximate surface area is 154 Å². The molecule has 2 N–H and O–H groups in total. The number of aryl methyl sites for hydroxylation is 2. The minimum absolute atomic E-state index is 0.156. The number of amides is 1. The van der Waals surface area contributed by atoms with Crippen molar-refractivity contribution in [3.63, 3.8) is 0 Å². The Hall–Kier alpha value is -2.73. The van der Waals surface area contributed by atoms with E-state index in [4.69, 9.17) is 0 Å². The molecule has 1 amide bonds. The number of anilines is 3. The van der Waals surface area contributed by atoms with Crippen molar-refractivity contribution in [2.24, 2.45) is 0 Å². The van der Waals surface area contributed by atoms with Gasteiger partial charge >= 0.3 is 0 Å². The number of rotatable bonds is 4. The Morgan fingerprint density at radius 2 is 1.44 bits per heavy atom. The van der Waals surface area contributed by atoms with Gasteiger partial charge in [0, 0.05) is 32.8 Å². The van der Waals surface area contributed by atoms with Crippen molar-refractivity contribution >= 4 is 39.2 Å². The monoisotopic (exact) mass is 396 g/mol. The molecule has 0 saturated heterocycles. The van der Waals surface area contributed by atoms with E-state index in [2.05, 4.69) is 36.5 Å². The lowest BCUT2D eigenvalue weighted by Crippen LogP contribution is -2.11. The number of aromatic nitrogens is 2. The van der Waals surface area contributed by atoms with Gasteiger partial charge in [0.1, 0.15) is 0 Å². The van der Waals surface area contributed by atoms with Gasteiger partial charge in [-0.2, -0.15) is 0 Å². The molecule has 0 radical (unpaired) electrons. The van der Waals surface area contributed by atoms with Crippen LogP contribution in [0.15, 0.2) is 59.1 Å². The molecule has 3 rings (SSSR count). The maximum atomic E-state index is 12.3. The summed E-state index contributed by atoms with van der Waals surface area (Å²) in [5.41, 5.74) is 3.96. The molecular formula is C19H17BrN4O. The van der Waals surface area contributed by atoms with Gasteiger partial charge in [-0.05, 0) is 68.4 Å². The number of benzene rings is 2. The van der Waals surface area contributed by atoms with Crippen LogP contribution < -0.4 is 10.6 Å². The Morgan fingerprint density at radius 1 is 0.880 bits per heavy atom. The summed E-state index contributed by atoms with van der Waals surface area (Å²) in [7, 11) is 0. The molecule has 1 aromatic heterocycles. The highest BCUT2D eigenvalue weighted by atomic mass is 79.9. The number of nitrogens with one attached hydrogen (secondary N) is 2. The van der Waals surface area contributed by atoms with Gasteiger partial charge in [0.05, 0.1) is 0 Å². The fourth-order valence-electron chi connectivity index (χ4n) is 2.35. The van der Waals surface area contributed by atoms with Gasteiger partial charge in [-0.25, -0.2) is 9.97 Å². The molecule has 0 fully saturated rings. The summed E-state index contributed by atoms with van der Waals surface area (Å²) >= 11 is 3.37. The molecule has 126 valence electrons. The minimum atomic E-state index is -0.156. The van der Waals surface area contributed by atoms with Crippen LogP contribution in [0.3, 0.4) is 0 Å². The largest absolute Gasteiger partial charge is 0.324 e. The third kappa shape index (κ3) is 4.64. The van der Waals surface area contributed by atoms with Gasteiger partial charge in [-0.15, -0.1) is 0 Å². The van der Waals surface area contributed by atoms with E-state index >= 15 is 0 Å². The fourth-order valence-corrected chi connectivity index (χ4v) is 2.62. The molecule has 1 heterocycles. The predicted octanol–water partition coefficient (Wildman–Crippen LogP) is 4.85. The van der Waals surface area contributed by atoms with Crippen molar-refractivity contribution in [3.8, 4) is 0 Å². The molecule has 3 aromatic rings. The van der Waals surface area contributed by atoms with E-state index < -0.39 is 0 Å². The third-order valence-corrected chi connectivity index (χ3v) is 4.02. The number of nitrogens with zero attached hydrogens (tertiary/aromatic N) is 2. The van der Waals surface area contributed by atoms with E-state index in [1.165, 1.54) is 0 Å². The second-order valence-corrected chi connectivity index (χ2v) is 6.55. The zero-order chi connectivity index (χ0) is 17.8. The first kappa shape index (κ1) is 17.1. The van der Waals surface area contributed by atoms with Crippen molar-refractivity contribution in [1.82, 2.24) is 9.97 Å². The number of carbonyl (C=O) groups excluding carboxylic acids is 1. The van der Waals surface area contributed by atoms with Crippen LogP contribution in [0.1, 0.15) is 21.7 Å². The van der Waals surface area contributed by atoms with Crippen LogP contribution in [0, 0.1) is 13.8 Å². The van der Waals surface area contributed by atoms with Crippen molar-refractivity contribution in [3.05, 3.63) is 76.0 Å². The fraction of sp³-hybridized carbons (Fsp3) is 0.105. The van der Waals surface area contributed by atoms with Crippen LogP contribution >= 0.6 is 15.9 Å². The summed E-state index contributed by atoms with van der Waals surface area (Å²) < 4.78 is 0.967. The Kier molecular flexibility index (Phi) is 5.09. The molecule has 0 saturated carbocycles. The first-order chi connectivity index (χ1) is 12.0. The summed E-state index contributed by atoms with van der Waals surface area (Å²) in [5, 5.41) is 6.01. The molecule has 0 unspecified atom stereocenters. The van der Waals surface area contributed by atoms with Crippen LogP contribution in [-0.4, -0.2) is 15.9 Å². The van der Waals surface area contributed by atoms with E-state index in [-0.39, 0.29) is 5.91 Å². The van der Waals surface area contributed by atoms with Crippen molar-refractivity contribution in [1.29, 1.82) is 0 Å². The SMILES string of the molecule is Cc1cc(C)nc(Nc2ccc(C(=O)Nc3ccc(Br)cc3)cc2)n1. The summed E-state index contributed by atoms with van der Waals surface area (Å²) in [6, 6.07) is 16.6. The van der Waals surface area contributed by atoms with E-state index in [0.29, 0.717) is 11.5 Å². The Morgan fingerprint density at radius 3 is 2.04 bits per heavy atom. The molecule has 5 nitrogen and oxygen atoms in total. The normalized spacial score (nSPS) is 10.4. The highest BCUT2D eigenvalue weighted by Gasteiger charge is 2.07. The second kappa shape index (κ2) is 7.44. The first-order valence-electron chi connectivity index (χ1n) is 7.76. The van der Waals surface area contributed by atoms with Crippen molar-refractivity contribution < 1.29 is 4.79 Å². The average Bonchev–Trinajstić information content (AvgIpc) is 2.56. The van der Waals surface area contributed by atoms with Crippen LogP contribution in [0.5, 0.6) is 0 Å². The lowest BCUT2D eigenvalue weighted by molar-refractivity contribution is 0.102. The van der Waals surface area contributed by atoms with Gasteiger partial charge in [-0.3, -0.25) is 4.79 Å². The molecule has 0 spiro atoms. The zero-order valence-corrected chi connectivity index (χ0v) is 15.5. The number of carbonyl (C=O) groups is 1. The second-order valence-electron chi connectivity index (χ2n) is 5.64. The van der Waals surface area contributed by atoms with Crippen LogP contribution in [0.25, 0.3) is 0 Å². The van der Waals surface area contributed by atoms with Gasteiger partial charge in [0.25, 0.3) is 5.91 Å². The molecule has 6 heteroatoms. The Bertz CT molecular complexity index is 872. The molecule has 2 aromatic carbocycles. The average molecular weight is 397 g/mol. The predicted molar refractivity (Wildman–Crippen MR) is 103 cm³/mol.